The van der Waals surface area contributed by atoms with Gasteiger partial charge >= 0.3 is 6.09 Å². The molecule has 0 aromatic heterocycles. The van der Waals surface area contributed by atoms with Gasteiger partial charge in [-0.05, 0) is 47.5 Å². The van der Waals surface area contributed by atoms with E-state index in [-0.39, 0.29) is 35.8 Å². The molecule has 1 fully saturated rings. The van der Waals surface area contributed by atoms with Crippen LogP contribution in [0.2, 0.25) is 0 Å². The van der Waals surface area contributed by atoms with Crippen LogP contribution in [0.25, 0.3) is 0 Å². The van der Waals surface area contributed by atoms with E-state index in [0.29, 0.717) is 25.6 Å². The van der Waals surface area contributed by atoms with Crippen LogP contribution >= 0.6 is 24.0 Å². The van der Waals surface area contributed by atoms with Gasteiger partial charge in [-0.15, -0.1) is 24.0 Å². The van der Waals surface area contributed by atoms with Crippen molar-refractivity contribution in [1.29, 1.82) is 0 Å². The molecule has 0 spiro atoms. The van der Waals surface area contributed by atoms with Gasteiger partial charge in [-0.2, -0.15) is 0 Å². The van der Waals surface area contributed by atoms with E-state index < -0.39 is 17.2 Å². The highest BCUT2D eigenvalue weighted by Crippen LogP contribution is 2.28. The smallest absolute Gasteiger partial charge is 0.408 e. The Balaban J connectivity index is 0.00000625. The second-order valence-corrected chi connectivity index (χ2v) is 7.93. The fourth-order valence-corrected chi connectivity index (χ4v) is 2.01. The molecule has 0 aliphatic heterocycles. The zero-order chi connectivity index (χ0) is 19.1. The second-order valence-electron chi connectivity index (χ2n) is 7.93. The third-order valence-electron chi connectivity index (χ3n) is 3.43. The average molecular weight is 483 g/mol. The number of nitrogens with one attached hydrogen (secondary N) is 4. The number of amides is 2. The van der Waals surface area contributed by atoms with Crippen molar-refractivity contribution in [3.8, 4) is 0 Å². The van der Waals surface area contributed by atoms with Crippen LogP contribution in [0.15, 0.2) is 4.99 Å². The van der Waals surface area contributed by atoms with Crippen molar-refractivity contribution in [3.63, 3.8) is 0 Å². The summed E-state index contributed by atoms with van der Waals surface area (Å²) in [6.45, 7) is 10.9. The minimum atomic E-state index is -0.532. The van der Waals surface area contributed by atoms with Crippen molar-refractivity contribution in [1.82, 2.24) is 21.3 Å². The van der Waals surface area contributed by atoms with Gasteiger partial charge in [0.05, 0.1) is 5.54 Å². The summed E-state index contributed by atoms with van der Waals surface area (Å²) < 4.78 is 5.27. The standard InChI is InChI=1S/C17H33N5O3.HI/c1-16(2,3)25-15(24)22-17(4,5)11-21-14(18-6)20-10-9-19-13(23)12-7-8-12;/h12H,7-11H2,1-6H3,(H,19,23)(H,22,24)(H2,18,20,21);1H. The van der Waals surface area contributed by atoms with Gasteiger partial charge < -0.3 is 26.0 Å². The maximum atomic E-state index is 11.9. The summed E-state index contributed by atoms with van der Waals surface area (Å²) in [6, 6.07) is 0. The summed E-state index contributed by atoms with van der Waals surface area (Å²) in [5.74, 6) is 0.962. The van der Waals surface area contributed by atoms with Crippen molar-refractivity contribution in [2.24, 2.45) is 10.9 Å². The van der Waals surface area contributed by atoms with Crippen LogP contribution in [-0.4, -0.2) is 55.8 Å². The summed E-state index contributed by atoms with van der Waals surface area (Å²) in [7, 11) is 1.67. The van der Waals surface area contributed by atoms with Crippen LogP contribution in [0.4, 0.5) is 4.79 Å². The topological polar surface area (TPSA) is 104 Å². The molecule has 0 radical (unpaired) electrons. The Bertz CT molecular complexity index is 499. The lowest BCUT2D eigenvalue weighted by Crippen LogP contribution is -2.54. The fraction of sp³-hybridized carbons (Fsp3) is 0.824. The normalized spacial score (nSPS) is 14.8. The Labute approximate surface area is 173 Å². The van der Waals surface area contributed by atoms with Crippen LogP contribution < -0.4 is 21.3 Å². The highest BCUT2D eigenvalue weighted by atomic mass is 127. The van der Waals surface area contributed by atoms with Crippen LogP contribution in [0.1, 0.15) is 47.5 Å². The van der Waals surface area contributed by atoms with Gasteiger partial charge in [0.25, 0.3) is 0 Å². The lowest BCUT2D eigenvalue weighted by molar-refractivity contribution is -0.122. The van der Waals surface area contributed by atoms with E-state index in [0.717, 1.165) is 12.8 Å². The first kappa shape index (κ1) is 24.7. The molecule has 0 aromatic rings. The largest absolute Gasteiger partial charge is 0.444 e. The molecule has 0 saturated heterocycles. The number of carbonyl (C=O) groups is 2. The number of rotatable bonds is 7. The molecular weight excluding hydrogens is 449 g/mol. The molecule has 4 N–H and O–H groups in total. The number of aliphatic imine (C=N–C) groups is 1. The third-order valence-corrected chi connectivity index (χ3v) is 3.43. The predicted molar refractivity (Wildman–Crippen MR) is 114 cm³/mol. The zero-order valence-corrected chi connectivity index (χ0v) is 19.0. The Morgan fingerprint density at radius 2 is 1.62 bits per heavy atom. The van der Waals surface area contributed by atoms with Gasteiger partial charge in [-0.1, -0.05) is 0 Å². The number of guanidine groups is 1. The van der Waals surface area contributed by atoms with Crippen molar-refractivity contribution < 1.29 is 14.3 Å². The van der Waals surface area contributed by atoms with Gasteiger partial charge in [0.1, 0.15) is 5.60 Å². The van der Waals surface area contributed by atoms with Crippen molar-refractivity contribution >= 4 is 41.9 Å². The molecule has 0 unspecified atom stereocenters. The van der Waals surface area contributed by atoms with Crippen molar-refractivity contribution in [2.75, 3.05) is 26.7 Å². The molecule has 9 heteroatoms. The van der Waals surface area contributed by atoms with Gasteiger partial charge in [0.15, 0.2) is 5.96 Å². The second kappa shape index (κ2) is 10.8. The third kappa shape index (κ3) is 11.4. The predicted octanol–water partition coefficient (Wildman–Crippen LogP) is 1.60. The summed E-state index contributed by atoms with van der Waals surface area (Å²) in [4.78, 5) is 27.5. The highest BCUT2D eigenvalue weighted by Gasteiger charge is 2.29. The van der Waals surface area contributed by atoms with Gasteiger partial charge in [-0.25, -0.2) is 4.79 Å². The van der Waals surface area contributed by atoms with Crippen LogP contribution in [0, 0.1) is 5.92 Å². The Morgan fingerprint density at radius 3 is 2.12 bits per heavy atom. The molecule has 152 valence electrons. The fourth-order valence-electron chi connectivity index (χ4n) is 2.01. The molecule has 2 amide bonds. The van der Waals surface area contributed by atoms with E-state index in [1.165, 1.54) is 0 Å². The number of nitrogens with zero attached hydrogens (tertiary/aromatic N) is 1. The minimum Gasteiger partial charge on any atom is -0.444 e. The summed E-state index contributed by atoms with van der Waals surface area (Å²) in [6.07, 6.45) is 1.55. The molecule has 0 atom stereocenters. The van der Waals surface area contributed by atoms with E-state index in [9.17, 15) is 9.59 Å². The zero-order valence-electron chi connectivity index (χ0n) is 16.7. The number of hydrogen-bond acceptors (Lipinski definition) is 4. The van der Waals surface area contributed by atoms with E-state index in [2.05, 4.69) is 26.3 Å². The first-order chi connectivity index (χ1) is 11.5. The SMILES string of the molecule is CN=C(NCCNC(=O)C1CC1)NCC(C)(C)NC(=O)OC(C)(C)C.I. The van der Waals surface area contributed by atoms with Crippen LogP contribution in [-0.2, 0) is 9.53 Å². The van der Waals surface area contributed by atoms with Gasteiger partial charge in [0.2, 0.25) is 5.91 Å². The highest BCUT2D eigenvalue weighted by molar-refractivity contribution is 14.0. The van der Waals surface area contributed by atoms with E-state index >= 15 is 0 Å². The first-order valence-corrected chi connectivity index (χ1v) is 8.76. The Morgan fingerprint density at radius 1 is 1.04 bits per heavy atom. The lowest BCUT2D eigenvalue weighted by atomic mass is 10.1. The average Bonchev–Trinajstić information content (AvgIpc) is 3.28. The summed E-state index contributed by atoms with van der Waals surface area (Å²) in [5, 5.41) is 12.0. The van der Waals surface area contributed by atoms with Gasteiger partial charge in [-0.3, -0.25) is 9.79 Å². The number of alkyl carbamates (subject to hydrolysis) is 1. The van der Waals surface area contributed by atoms with Crippen LogP contribution in [0.5, 0.6) is 0 Å². The molecule has 1 saturated carbocycles. The number of hydrogen-bond donors (Lipinski definition) is 4. The van der Waals surface area contributed by atoms with Gasteiger partial charge in [0, 0.05) is 32.6 Å². The lowest BCUT2D eigenvalue weighted by Gasteiger charge is -2.29. The van der Waals surface area contributed by atoms with E-state index in [4.69, 9.17) is 4.74 Å². The molecular formula is C17H34IN5O3. The molecule has 1 aliphatic rings. The molecule has 0 aromatic carbocycles. The summed E-state index contributed by atoms with van der Waals surface area (Å²) >= 11 is 0. The number of carbonyl (C=O) groups excluding carboxylic acids is 2. The van der Waals surface area contributed by atoms with E-state index in [1.807, 2.05) is 34.6 Å². The quantitative estimate of drug-likeness (QED) is 0.191. The molecule has 0 heterocycles. The molecule has 8 nitrogen and oxygen atoms in total. The maximum absolute atomic E-state index is 11.9. The molecule has 1 aliphatic carbocycles. The Hall–Kier alpha value is -1.26. The monoisotopic (exact) mass is 483 g/mol. The Kier molecular flexibility index (Phi) is 10.3. The maximum Gasteiger partial charge on any atom is 0.408 e. The van der Waals surface area contributed by atoms with Crippen LogP contribution in [0.3, 0.4) is 0 Å². The molecule has 1 rings (SSSR count). The number of ether oxygens (including phenoxy) is 1. The first-order valence-electron chi connectivity index (χ1n) is 8.76. The van der Waals surface area contributed by atoms with Crippen molar-refractivity contribution in [2.45, 2.75) is 58.6 Å². The summed E-state index contributed by atoms with van der Waals surface area (Å²) in [5.41, 5.74) is -1.05. The van der Waals surface area contributed by atoms with E-state index in [1.54, 1.807) is 7.05 Å². The van der Waals surface area contributed by atoms with Crippen molar-refractivity contribution in [3.05, 3.63) is 0 Å². The number of halogens is 1. The molecule has 26 heavy (non-hydrogen) atoms. The molecule has 0 bridgehead atoms. The minimum absolute atomic E-state index is 0.